The van der Waals surface area contributed by atoms with Gasteiger partial charge in [-0.05, 0) is 37.6 Å². The van der Waals surface area contributed by atoms with E-state index in [-0.39, 0.29) is 11.9 Å². The van der Waals surface area contributed by atoms with Crippen molar-refractivity contribution in [3.63, 3.8) is 0 Å². The molecule has 2 rings (SSSR count). The van der Waals surface area contributed by atoms with Crippen LogP contribution in [0.1, 0.15) is 30.6 Å². The normalized spacial score (nSPS) is 12.6. The summed E-state index contributed by atoms with van der Waals surface area (Å²) in [7, 11) is 1.92. The molecule has 0 aliphatic carbocycles. The molecule has 0 saturated carbocycles. The summed E-state index contributed by atoms with van der Waals surface area (Å²) in [5.74, 6) is -0.256. The van der Waals surface area contributed by atoms with Crippen LogP contribution < -0.4 is 5.32 Å². The van der Waals surface area contributed by atoms with Crippen LogP contribution in [0.5, 0.6) is 0 Å². The van der Waals surface area contributed by atoms with Crippen LogP contribution >= 0.6 is 11.6 Å². The fourth-order valence-electron chi connectivity index (χ4n) is 2.34. The van der Waals surface area contributed by atoms with Crippen molar-refractivity contribution in [2.45, 2.75) is 25.8 Å². The number of hydrogen-bond acceptors (Lipinski definition) is 2. The molecule has 0 bridgehead atoms. The zero-order chi connectivity index (χ0) is 14.5. The first-order valence-corrected chi connectivity index (χ1v) is 7.14. The fraction of sp³-hybridized carbons (Fsp3) is 0.400. The van der Waals surface area contributed by atoms with Gasteiger partial charge in [0.25, 0.3) is 0 Å². The largest absolute Gasteiger partial charge is 0.310 e. The van der Waals surface area contributed by atoms with E-state index in [1.165, 1.54) is 6.07 Å². The van der Waals surface area contributed by atoms with E-state index in [4.69, 9.17) is 11.6 Å². The first-order chi connectivity index (χ1) is 9.61. The van der Waals surface area contributed by atoms with Crippen molar-refractivity contribution in [2.75, 3.05) is 6.54 Å². The quantitative estimate of drug-likeness (QED) is 0.884. The average molecular weight is 296 g/mol. The maximum absolute atomic E-state index is 14.0. The lowest BCUT2D eigenvalue weighted by Gasteiger charge is -2.19. The van der Waals surface area contributed by atoms with Crippen molar-refractivity contribution < 1.29 is 4.39 Å². The number of aromatic nitrogens is 2. The summed E-state index contributed by atoms with van der Waals surface area (Å²) in [4.78, 5) is 0. The average Bonchev–Trinajstić information content (AvgIpc) is 2.81. The van der Waals surface area contributed by atoms with E-state index in [0.29, 0.717) is 10.6 Å². The third-order valence-electron chi connectivity index (χ3n) is 3.40. The van der Waals surface area contributed by atoms with Crippen LogP contribution in [0, 0.1) is 5.82 Å². The molecule has 0 aliphatic rings. The van der Waals surface area contributed by atoms with Crippen LogP contribution in [-0.2, 0) is 13.5 Å². The van der Waals surface area contributed by atoms with E-state index >= 15 is 0 Å². The Morgan fingerprint density at radius 2 is 2.20 bits per heavy atom. The minimum atomic E-state index is -0.256. The standard InChI is InChI=1S/C15H19ClFN3/c1-3-18-15(7-5-12-8-9-19-20(12)2)13-6-4-11(16)10-14(13)17/h4,6,8-10,15,18H,3,5,7H2,1-2H3. The molecule has 0 aliphatic heterocycles. The predicted molar refractivity (Wildman–Crippen MR) is 79.4 cm³/mol. The number of aryl methyl sites for hydroxylation is 2. The molecule has 3 nitrogen and oxygen atoms in total. The highest BCUT2D eigenvalue weighted by Crippen LogP contribution is 2.24. The maximum Gasteiger partial charge on any atom is 0.129 e. The minimum absolute atomic E-state index is 0.0211. The summed E-state index contributed by atoms with van der Waals surface area (Å²) < 4.78 is 15.9. The third kappa shape index (κ3) is 3.58. The number of benzene rings is 1. The molecule has 1 unspecified atom stereocenters. The summed E-state index contributed by atoms with van der Waals surface area (Å²) in [5, 5.41) is 7.90. The number of nitrogens with one attached hydrogen (secondary N) is 1. The molecule has 0 saturated heterocycles. The molecule has 20 heavy (non-hydrogen) atoms. The number of hydrogen-bond donors (Lipinski definition) is 1. The summed E-state index contributed by atoms with van der Waals surface area (Å²) in [6, 6.07) is 6.82. The van der Waals surface area contributed by atoms with Gasteiger partial charge in [0.05, 0.1) is 0 Å². The second kappa shape index (κ2) is 6.86. The summed E-state index contributed by atoms with van der Waals surface area (Å²) in [6.07, 6.45) is 3.43. The minimum Gasteiger partial charge on any atom is -0.310 e. The van der Waals surface area contributed by atoms with Crippen molar-refractivity contribution in [3.05, 3.63) is 52.6 Å². The maximum atomic E-state index is 14.0. The van der Waals surface area contributed by atoms with E-state index in [0.717, 1.165) is 25.1 Å². The van der Waals surface area contributed by atoms with E-state index in [2.05, 4.69) is 10.4 Å². The Morgan fingerprint density at radius 3 is 2.80 bits per heavy atom. The molecule has 1 N–H and O–H groups in total. The lowest BCUT2D eigenvalue weighted by molar-refractivity contribution is 0.479. The number of halogens is 2. The summed E-state index contributed by atoms with van der Waals surface area (Å²) in [5.41, 5.74) is 1.81. The monoisotopic (exact) mass is 295 g/mol. The van der Waals surface area contributed by atoms with Gasteiger partial charge in [-0.3, -0.25) is 4.68 Å². The Bertz CT molecular complexity index is 568. The van der Waals surface area contributed by atoms with Crippen molar-refractivity contribution in [2.24, 2.45) is 7.05 Å². The van der Waals surface area contributed by atoms with Crippen LogP contribution in [0.15, 0.2) is 30.5 Å². The van der Waals surface area contributed by atoms with Gasteiger partial charge in [-0.2, -0.15) is 5.10 Å². The Balaban J connectivity index is 2.12. The van der Waals surface area contributed by atoms with Crippen LogP contribution in [0.25, 0.3) is 0 Å². The van der Waals surface area contributed by atoms with Crippen molar-refractivity contribution in [3.8, 4) is 0 Å². The zero-order valence-electron chi connectivity index (χ0n) is 11.7. The highest BCUT2D eigenvalue weighted by molar-refractivity contribution is 6.30. The molecule has 108 valence electrons. The van der Waals surface area contributed by atoms with Gasteiger partial charge >= 0.3 is 0 Å². The van der Waals surface area contributed by atoms with Gasteiger partial charge in [-0.1, -0.05) is 24.6 Å². The van der Waals surface area contributed by atoms with Gasteiger partial charge in [-0.25, -0.2) is 4.39 Å². The second-order valence-electron chi connectivity index (χ2n) is 4.76. The summed E-state index contributed by atoms with van der Waals surface area (Å²) >= 11 is 5.81. The molecular weight excluding hydrogens is 277 g/mol. The van der Waals surface area contributed by atoms with Gasteiger partial charge in [0, 0.05) is 35.6 Å². The van der Waals surface area contributed by atoms with Crippen LogP contribution in [-0.4, -0.2) is 16.3 Å². The molecular formula is C15H19ClFN3. The van der Waals surface area contributed by atoms with Crippen molar-refractivity contribution >= 4 is 11.6 Å². The highest BCUT2D eigenvalue weighted by Gasteiger charge is 2.15. The zero-order valence-corrected chi connectivity index (χ0v) is 12.5. The molecule has 0 fully saturated rings. The van der Waals surface area contributed by atoms with Gasteiger partial charge in [0.1, 0.15) is 5.82 Å². The SMILES string of the molecule is CCNC(CCc1ccnn1C)c1ccc(Cl)cc1F. The predicted octanol–water partition coefficient (Wildman–Crippen LogP) is 3.50. The van der Waals surface area contributed by atoms with Gasteiger partial charge in [0.2, 0.25) is 0 Å². The Morgan fingerprint density at radius 1 is 1.40 bits per heavy atom. The fourth-order valence-corrected chi connectivity index (χ4v) is 2.50. The first-order valence-electron chi connectivity index (χ1n) is 6.77. The second-order valence-corrected chi connectivity index (χ2v) is 5.20. The van der Waals surface area contributed by atoms with E-state index in [1.54, 1.807) is 18.3 Å². The van der Waals surface area contributed by atoms with Crippen molar-refractivity contribution in [1.29, 1.82) is 0 Å². The molecule has 1 aromatic heterocycles. The van der Waals surface area contributed by atoms with Crippen molar-refractivity contribution in [1.82, 2.24) is 15.1 Å². The van der Waals surface area contributed by atoms with Gasteiger partial charge in [-0.15, -0.1) is 0 Å². The van der Waals surface area contributed by atoms with E-state index < -0.39 is 0 Å². The summed E-state index contributed by atoms with van der Waals surface area (Å²) in [6.45, 7) is 2.81. The van der Waals surface area contributed by atoms with Gasteiger partial charge < -0.3 is 5.32 Å². The molecule has 1 aromatic carbocycles. The van der Waals surface area contributed by atoms with Crippen LogP contribution in [0.2, 0.25) is 5.02 Å². The number of nitrogens with zero attached hydrogens (tertiary/aromatic N) is 2. The van der Waals surface area contributed by atoms with Gasteiger partial charge in [0.15, 0.2) is 0 Å². The molecule has 0 amide bonds. The van der Waals surface area contributed by atoms with E-state index in [9.17, 15) is 4.39 Å². The Kier molecular flexibility index (Phi) is 5.15. The first kappa shape index (κ1) is 15.0. The molecule has 1 heterocycles. The third-order valence-corrected chi connectivity index (χ3v) is 3.64. The molecule has 2 aromatic rings. The molecule has 0 spiro atoms. The smallest absolute Gasteiger partial charge is 0.129 e. The Labute approximate surface area is 123 Å². The molecule has 1 atom stereocenters. The lowest BCUT2D eigenvalue weighted by atomic mass is 10.0. The Hall–Kier alpha value is -1.39. The lowest BCUT2D eigenvalue weighted by Crippen LogP contribution is -2.22. The highest BCUT2D eigenvalue weighted by atomic mass is 35.5. The molecule has 5 heteroatoms. The molecule has 0 radical (unpaired) electrons. The van der Waals surface area contributed by atoms with Crippen LogP contribution in [0.3, 0.4) is 0 Å². The van der Waals surface area contributed by atoms with Crippen LogP contribution in [0.4, 0.5) is 4.39 Å². The number of rotatable bonds is 6. The van der Waals surface area contributed by atoms with E-state index in [1.807, 2.05) is 24.7 Å². The topological polar surface area (TPSA) is 29.9 Å².